The molecule has 0 amide bonds. The molecule has 0 radical (unpaired) electrons. The minimum atomic E-state index is -4.61. The average Bonchev–Trinajstić information content (AvgIpc) is 2.84. The quantitative estimate of drug-likeness (QED) is 0.0318. The Morgan fingerprint density at radius 1 is 0.595 bits per heavy atom. The van der Waals surface area contributed by atoms with Crippen LogP contribution < -0.4 is 29.6 Å². The van der Waals surface area contributed by atoms with Gasteiger partial charge in [0, 0.05) is 5.92 Å². The van der Waals surface area contributed by atoms with Gasteiger partial charge in [0.05, 0.1) is 6.61 Å². The van der Waals surface area contributed by atoms with Crippen molar-refractivity contribution in [3.8, 4) is 0 Å². The first-order valence-corrected chi connectivity index (χ1v) is 17.1. The van der Waals surface area contributed by atoms with Crippen molar-refractivity contribution in [1.29, 1.82) is 0 Å². The van der Waals surface area contributed by atoms with Crippen LogP contribution in [0, 0.1) is 5.92 Å². The summed E-state index contributed by atoms with van der Waals surface area (Å²) in [5, 5.41) is 0. The minimum Gasteiger partial charge on any atom is -0.726 e. The zero-order valence-corrected chi connectivity index (χ0v) is 28.0. The summed E-state index contributed by atoms with van der Waals surface area (Å²) < 4.78 is 37.1. The Hall–Kier alpha value is 0.610. The summed E-state index contributed by atoms with van der Waals surface area (Å²) >= 11 is 0. The van der Waals surface area contributed by atoms with Gasteiger partial charge in [0.15, 0.2) is 0 Å². The molecule has 6 heteroatoms. The molecular formula is C31H61NaO4S. The molecule has 0 spiro atoms. The van der Waals surface area contributed by atoms with Gasteiger partial charge in [-0.25, -0.2) is 8.42 Å². The van der Waals surface area contributed by atoms with E-state index in [9.17, 15) is 13.0 Å². The van der Waals surface area contributed by atoms with E-state index in [4.69, 9.17) is 0 Å². The van der Waals surface area contributed by atoms with Crippen LogP contribution in [0.2, 0.25) is 0 Å². The van der Waals surface area contributed by atoms with Crippen molar-refractivity contribution in [2.24, 2.45) is 5.92 Å². The fourth-order valence-corrected chi connectivity index (χ4v) is 5.21. The number of unbranched alkanes of at least 4 members (excludes halogenated alkanes) is 22. The van der Waals surface area contributed by atoms with Gasteiger partial charge in [0.1, 0.15) is 0 Å². The SMILES string of the molecule is CCCCCCC/C=C/C(CCCCCCCCCCCCCCCCCCCC)COS(=O)(=O)[O-].[Na+]. The van der Waals surface area contributed by atoms with Gasteiger partial charge >= 0.3 is 29.6 Å². The molecule has 0 aromatic heterocycles. The molecule has 0 aromatic carbocycles. The molecule has 0 fully saturated rings. The summed E-state index contributed by atoms with van der Waals surface area (Å²) in [4.78, 5) is 0. The van der Waals surface area contributed by atoms with Crippen LogP contribution in [0.3, 0.4) is 0 Å². The molecule has 0 bridgehead atoms. The van der Waals surface area contributed by atoms with E-state index < -0.39 is 10.4 Å². The number of hydrogen-bond donors (Lipinski definition) is 0. The van der Waals surface area contributed by atoms with Crippen molar-refractivity contribution < 1.29 is 46.7 Å². The first-order valence-electron chi connectivity index (χ1n) is 15.8. The maximum absolute atomic E-state index is 10.9. The fourth-order valence-electron chi connectivity index (χ4n) is 4.87. The van der Waals surface area contributed by atoms with Crippen LogP contribution in [0.25, 0.3) is 0 Å². The van der Waals surface area contributed by atoms with Gasteiger partial charge in [-0.05, 0) is 19.3 Å². The molecule has 0 aliphatic rings. The molecule has 216 valence electrons. The molecule has 0 rings (SSSR count). The first-order chi connectivity index (χ1) is 17.5. The van der Waals surface area contributed by atoms with Gasteiger partial charge in [0.25, 0.3) is 0 Å². The maximum atomic E-state index is 10.9. The monoisotopic (exact) mass is 552 g/mol. The molecule has 0 aliphatic heterocycles. The van der Waals surface area contributed by atoms with Crippen LogP contribution in [0.4, 0.5) is 0 Å². The predicted molar refractivity (Wildman–Crippen MR) is 155 cm³/mol. The molecular weight excluding hydrogens is 491 g/mol. The van der Waals surface area contributed by atoms with E-state index in [2.05, 4.69) is 30.2 Å². The Balaban J connectivity index is 0. The Labute approximate surface area is 254 Å². The third-order valence-corrected chi connectivity index (χ3v) is 7.66. The van der Waals surface area contributed by atoms with E-state index in [1.165, 1.54) is 141 Å². The number of rotatable bonds is 29. The van der Waals surface area contributed by atoms with Crippen molar-refractivity contribution in [3.05, 3.63) is 12.2 Å². The normalized spacial score (nSPS) is 12.7. The van der Waals surface area contributed by atoms with E-state index in [-0.39, 0.29) is 42.1 Å². The third kappa shape index (κ3) is 34.6. The van der Waals surface area contributed by atoms with Gasteiger partial charge in [-0.15, -0.1) is 0 Å². The van der Waals surface area contributed by atoms with Crippen LogP contribution in [-0.2, 0) is 14.6 Å². The van der Waals surface area contributed by atoms with Crippen molar-refractivity contribution >= 4 is 10.4 Å². The van der Waals surface area contributed by atoms with Gasteiger partial charge in [0.2, 0.25) is 10.4 Å². The van der Waals surface area contributed by atoms with Crippen molar-refractivity contribution in [1.82, 2.24) is 0 Å². The fraction of sp³-hybridized carbons (Fsp3) is 0.935. The van der Waals surface area contributed by atoms with Crippen LogP contribution in [-0.4, -0.2) is 19.6 Å². The summed E-state index contributed by atoms with van der Waals surface area (Å²) in [6, 6.07) is 0. The van der Waals surface area contributed by atoms with E-state index in [0.717, 1.165) is 19.3 Å². The van der Waals surface area contributed by atoms with Crippen molar-refractivity contribution in [2.45, 2.75) is 174 Å². The maximum Gasteiger partial charge on any atom is 1.00 e. The number of allylic oxidation sites excluding steroid dienone is 1. The van der Waals surface area contributed by atoms with Crippen molar-refractivity contribution in [2.75, 3.05) is 6.61 Å². The molecule has 0 aliphatic carbocycles. The van der Waals surface area contributed by atoms with Crippen LogP contribution in [0.1, 0.15) is 174 Å². The molecule has 0 aromatic rings. The van der Waals surface area contributed by atoms with Crippen LogP contribution in [0.5, 0.6) is 0 Å². The summed E-state index contributed by atoms with van der Waals surface area (Å²) in [6.45, 7) is 4.48. The summed E-state index contributed by atoms with van der Waals surface area (Å²) in [7, 11) is -4.61. The van der Waals surface area contributed by atoms with E-state index >= 15 is 0 Å². The Morgan fingerprint density at radius 3 is 1.32 bits per heavy atom. The Bertz CT molecular complexity index is 566. The smallest absolute Gasteiger partial charge is 0.726 e. The third-order valence-electron chi connectivity index (χ3n) is 7.24. The second kappa shape index (κ2) is 31.1. The van der Waals surface area contributed by atoms with Crippen molar-refractivity contribution in [3.63, 3.8) is 0 Å². The Kier molecular flexibility index (Phi) is 33.5. The standard InChI is InChI=1S/C31H62O4S.Na/c1-3-5-7-9-11-12-13-14-15-16-17-18-19-20-21-23-25-27-29-31(30-35-36(32,33)34)28-26-24-22-10-8-6-4-2;/h26,28,31H,3-25,27,29-30H2,1-2H3,(H,32,33,34);/q;+1/p-1/b28-26+;. The van der Waals surface area contributed by atoms with Gasteiger partial charge < -0.3 is 4.55 Å². The largest absolute Gasteiger partial charge is 1.00 e. The molecule has 1 unspecified atom stereocenters. The molecule has 0 saturated carbocycles. The molecule has 37 heavy (non-hydrogen) atoms. The summed E-state index contributed by atoms with van der Waals surface area (Å²) in [6.07, 6.45) is 36.8. The topological polar surface area (TPSA) is 66.4 Å². The second-order valence-electron chi connectivity index (χ2n) is 10.9. The number of hydrogen-bond acceptors (Lipinski definition) is 4. The van der Waals surface area contributed by atoms with Gasteiger partial charge in [-0.2, -0.15) is 0 Å². The average molecular weight is 553 g/mol. The minimum absolute atomic E-state index is 0. The summed E-state index contributed by atoms with van der Waals surface area (Å²) in [5.74, 6) is 0.0189. The zero-order valence-electron chi connectivity index (χ0n) is 25.2. The molecule has 0 N–H and O–H groups in total. The van der Waals surface area contributed by atoms with E-state index in [1.807, 2.05) is 0 Å². The molecule has 4 nitrogen and oxygen atoms in total. The second-order valence-corrected chi connectivity index (χ2v) is 11.9. The Morgan fingerprint density at radius 2 is 0.946 bits per heavy atom. The van der Waals surface area contributed by atoms with E-state index in [0.29, 0.717) is 0 Å². The van der Waals surface area contributed by atoms with Crippen LogP contribution in [0.15, 0.2) is 12.2 Å². The van der Waals surface area contributed by atoms with Gasteiger partial charge in [-0.1, -0.05) is 167 Å². The zero-order chi connectivity index (χ0) is 26.6. The van der Waals surface area contributed by atoms with Gasteiger partial charge in [-0.3, -0.25) is 4.18 Å². The summed E-state index contributed by atoms with van der Waals surface area (Å²) in [5.41, 5.74) is 0. The molecule has 0 heterocycles. The van der Waals surface area contributed by atoms with Crippen LogP contribution >= 0.6 is 0 Å². The molecule has 0 saturated heterocycles. The molecule has 1 atom stereocenters. The van der Waals surface area contributed by atoms with E-state index in [1.54, 1.807) is 0 Å². The predicted octanol–water partition coefficient (Wildman–Crippen LogP) is 7.43. The first kappa shape index (κ1) is 39.8.